The molecule has 1 atom stereocenters. The fraction of sp³-hybridized carbons (Fsp3) is 1.00. The topological polar surface area (TPSA) is 46.2 Å². The molecule has 0 fully saturated rings. The van der Waals surface area contributed by atoms with Crippen LogP contribution in [0.15, 0.2) is 0 Å². The monoisotopic (exact) mass is 277 g/mol. The van der Waals surface area contributed by atoms with E-state index in [9.17, 15) is 8.42 Å². The first-order valence-electron chi connectivity index (χ1n) is 7.03. The summed E-state index contributed by atoms with van der Waals surface area (Å²) in [6.07, 6.45) is 1.80. The van der Waals surface area contributed by atoms with Crippen LogP contribution in [0.2, 0.25) is 0 Å². The van der Waals surface area contributed by atoms with Gasteiger partial charge in [-0.15, -0.1) is 0 Å². The van der Waals surface area contributed by atoms with Crippen LogP contribution in [0.25, 0.3) is 0 Å². The normalized spacial score (nSPS) is 15.1. The Bertz CT molecular complexity index is 315. The molecule has 0 amide bonds. The Kier molecular flexibility index (Phi) is 7.45. The van der Waals surface area contributed by atoms with Crippen molar-refractivity contribution in [2.24, 2.45) is 11.8 Å². The van der Waals surface area contributed by atoms with E-state index in [0.29, 0.717) is 17.6 Å². The molecule has 0 aromatic carbocycles. The first-order chi connectivity index (χ1) is 8.10. The second kappa shape index (κ2) is 7.49. The third kappa shape index (κ3) is 6.74. The van der Waals surface area contributed by atoms with E-state index in [1.165, 1.54) is 0 Å². The Morgan fingerprint density at radius 3 is 2.06 bits per heavy atom. The Labute approximate surface area is 114 Å². The van der Waals surface area contributed by atoms with Gasteiger partial charge < -0.3 is 5.32 Å². The van der Waals surface area contributed by atoms with Gasteiger partial charge in [-0.25, -0.2) is 8.42 Å². The molecule has 0 saturated heterocycles. The highest BCUT2D eigenvalue weighted by atomic mass is 32.2. The van der Waals surface area contributed by atoms with Crippen LogP contribution in [0.4, 0.5) is 0 Å². The van der Waals surface area contributed by atoms with Crippen molar-refractivity contribution in [3.8, 4) is 0 Å². The number of hydrogen-bond acceptors (Lipinski definition) is 3. The van der Waals surface area contributed by atoms with Gasteiger partial charge in [-0.1, -0.05) is 27.2 Å². The molecule has 0 aromatic heterocycles. The molecule has 0 heterocycles. The molecule has 0 saturated carbocycles. The van der Waals surface area contributed by atoms with Crippen molar-refractivity contribution in [2.75, 3.05) is 18.8 Å². The standard InChI is InChI=1S/C14H31NO2S/c1-7-13(11-15-10-12(2)3)8-9-18(16,17)14(4,5)6/h12-13,15H,7-11H2,1-6H3. The van der Waals surface area contributed by atoms with E-state index >= 15 is 0 Å². The summed E-state index contributed by atoms with van der Waals surface area (Å²) < 4.78 is 23.4. The van der Waals surface area contributed by atoms with E-state index in [-0.39, 0.29) is 0 Å². The fourth-order valence-electron chi connectivity index (χ4n) is 1.65. The smallest absolute Gasteiger partial charge is 0.155 e. The largest absolute Gasteiger partial charge is 0.316 e. The summed E-state index contributed by atoms with van der Waals surface area (Å²) in [6, 6.07) is 0. The van der Waals surface area contributed by atoms with Crippen molar-refractivity contribution in [3.05, 3.63) is 0 Å². The minimum absolute atomic E-state index is 0.304. The zero-order valence-corrected chi connectivity index (χ0v) is 13.7. The van der Waals surface area contributed by atoms with Gasteiger partial charge >= 0.3 is 0 Å². The Hall–Kier alpha value is -0.0900. The van der Waals surface area contributed by atoms with Gasteiger partial charge in [0.2, 0.25) is 0 Å². The van der Waals surface area contributed by atoms with Crippen molar-refractivity contribution in [1.29, 1.82) is 0 Å². The van der Waals surface area contributed by atoms with Gasteiger partial charge in [0, 0.05) is 0 Å². The second-order valence-corrected chi connectivity index (χ2v) is 9.41. The SMILES string of the molecule is CCC(CCS(=O)(=O)C(C)(C)C)CNCC(C)C. The van der Waals surface area contributed by atoms with Gasteiger partial charge in [-0.2, -0.15) is 0 Å². The lowest BCUT2D eigenvalue weighted by Gasteiger charge is -2.22. The predicted octanol–water partition coefficient (Wildman–Crippen LogP) is 2.86. The molecule has 0 aromatic rings. The summed E-state index contributed by atoms with van der Waals surface area (Å²) in [7, 11) is -2.97. The molecular weight excluding hydrogens is 246 g/mol. The lowest BCUT2D eigenvalue weighted by molar-refractivity contribution is 0.427. The van der Waals surface area contributed by atoms with Crippen LogP contribution < -0.4 is 5.32 Å². The van der Waals surface area contributed by atoms with E-state index in [4.69, 9.17) is 0 Å². The molecule has 0 aliphatic rings. The lowest BCUT2D eigenvalue weighted by atomic mass is 10.0. The van der Waals surface area contributed by atoms with Crippen molar-refractivity contribution in [3.63, 3.8) is 0 Å². The Morgan fingerprint density at radius 1 is 1.11 bits per heavy atom. The molecule has 0 radical (unpaired) electrons. The summed E-state index contributed by atoms with van der Waals surface area (Å²) in [5.74, 6) is 1.40. The van der Waals surface area contributed by atoms with Crippen LogP contribution in [-0.2, 0) is 9.84 Å². The fourth-order valence-corrected chi connectivity index (χ4v) is 2.91. The van der Waals surface area contributed by atoms with Crippen molar-refractivity contribution in [2.45, 2.75) is 59.1 Å². The third-order valence-corrected chi connectivity index (χ3v) is 5.93. The zero-order valence-electron chi connectivity index (χ0n) is 12.9. The van der Waals surface area contributed by atoms with Crippen LogP contribution in [-0.4, -0.2) is 32.0 Å². The van der Waals surface area contributed by atoms with Crippen molar-refractivity contribution in [1.82, 2.24) is 5.32 Å². The van der Waals surface area contributed by atoms with Crippen LogP contribution >= 0.6 is 0 Å². The minimum atomic E-state index is -2.97. The highest BCUT2D eigenvalue weighted by Gasteiger charge is 2.29. The Morgan fingerprint density at radius 2 is 1.67 bits per heavy atom. The first kappa shape index (κ1) is 17.9. The first-order valence-corrected chi connectivity index (χ1v) is 8.68. The lowest BCUT2D eigenvalue weighted by Crippen LogP contribution is -2.33. The third-order valence-electron chi connectivity index (χ3n) is 3.29. The zero-order chi connectivity index (χ0) is 14.4. The molecule has 1 N–H and O–H groups in total. The van der Waals surface area contributed by atoms with E-state index in [2.05, 4.69) is 26.1 Å². The summed E-state index contributed by atoms with van der Waals surface area (Å²) in [6.45, 7) is 13.7. The van der Waals surface area contributed by atoms with Gasteiger partial charge in [0.05, 0.1) is 10.5 Å². The maximum atomic E-state index is 12.0. The molecule has 0 bridgehead atoms. The number of nitrogens with one attached hydrogen (secondary N) is 1. The van der Waals surface area contributed by atoms with Crippen LogP contribution in [0.5, 0.6) is 0 Å². The molecule has 1 unspecified atom stereocenters. The molecular formula is C14H31NO2S. The van der Waals surface area contributed by atoms with Gasteiger partial charge in [0.15, 0.2) is 9.84 Å². The van der Waals surface area contributed by atoms with Crippen molar-refractivity contribution >= 4 is 9.84 Å². The van der Waals surface area contributed by atoms with Gasteiger partial charge in [-0.05, 0) is 52.1 Å². The maximum absolute atomic E-state index is 12.0. The van der Waals surface area contributed by atoms with E-state index in [0.717, 1.165) is 25.9 Å². The average molecular weight is 277 g/mol. The van der Waals surface area contributed by atoms with Crippen molar-refractivity contribution < 1.29 is 8.42 Å². The van der Waals surface area contributed by atoms with E-state index in [1.807, 2.05) is 0 Å². The summed E-state index contributed by atoms with van der Waals surface area (Å²) in [5, 5.41) is 3.42. The summed E-state index contributed by atoms with van der Waals surface area (Å²) in [4.78, 5) is 0. The van der Waals surface area contributed by atoms with E-state index in [1.54, 1.807) is 20.8 Å². The van der Waals surface area contributed by atoms with Crippen LogP contribution in [0, 0.1) is 11.8 Å². The van der Waals surface area contributed by atoms with E-state index < -0.39 is 14.6 Å². The van der Waals surface area contributed by atoms with Gasteiger partial charge in [0.25, 0.3) is 0 Å². The number of rotatable bonds is 8. The number of hydrogen-bond donors (Lipinski definition) is 1. The number of sulfone groups is 1. The van der Waals surface area contributed by atoms with Gasteiger partial charge in [0.1, 0.15) is 0 Å². The molecule has 110 valence electrons. The maximum Gasteiger partial charge on any atom is 0.155 e. The molecule has 3 nitrogen and oxygen atoms in total. The summed E-state index contributed by atoms with van der Waals surface area (Å²) in [5.41, 5.74) is 0. The molecule has 18 heavy (non-hydrogen) atoms. The Balaban J connectivity index is 4.16. The quantitative estimate of drug-likeness (QED) is 0.742. The minimum Gasteiger partial charge on any atom is -0.316 e. The van der Waals surface area contributed by atoms with Crippen LogP contribution in [0.3, 0.4) is 0 Å². The molecule has 0 aliphatic heterocycles. The average Bonchev–Trinajstić information content (AvgIpc) is 2.20. The highest BCUT2D eigenvalue weighted by Crippen LogP contribution is 2.19. The van der Waals surface area contributed by atoms with Crippen LogP contribution in [0.1, 0.15) is 54.4 Å². The molecule has 0 spiro atoms. The summed E-state index contributed by atoms with van der Waals surface area (Å²) >= 11 is 0. The highest BCUT2D eigenvalue weighted by molar-refractivity contribution is 7.92. The molecule has 0 aliphatic carbocycles. The molecule has 4 heteroatoms. The second-order valence-electron chi connectivity index (χ2n) is 6.55. The molecule has 0 rings (SSSR count). The predicted molar refractivity (Wildman–Crippen MR) is 79.6 cm³/mol. The van der Waals surface area contributed by atoms with Gasteiger partial charge in [-0.3, -0.25) is 0 Å².